The van der Waals surface area contributed by atoms with Gasteiger partial charge in [0.15, 0.2) is 0 Å². The van der Waals surface area contributed by atoms with E-state index in [1.807, 2.05) is 0 Å². The Kier molecular flexibility index (Phi) is 4.45. The van der Waals surface area contributed by atoms with Gasteiger partial charge in [-0.25, -0.2) is 8.42 Å². The van der Waals surface area contributed by atoms with Crippen molar-refractivity contribution >= 4 is 15.7 Å². The predicted octanol–water partition coefficient (Wildman–Crippen LogP) is 3.16. The second-order valence-electron chi connectivity index (χ2n) is 5.41. The van der Waals surface area contributed by atoms with Gasteiger partial charge in [-0.05, 0) is 42.8 Å². The van der Waals surface area contributed by atoms with Gasteiger partial charge in [-0.1, -0.05) is 12.1 Å². The standard InChI is InChI=1S/C17H17N3O4S/c1-11-10-13(8-9-16(11)23-3)25(21,22)20-15-7-5-4-6-14(15)17-19-18-12(2)24-17/h4-10,20H,1-3H3. The second-order valence-corrected chi connectivity index (χ2v) is 7.09. The first-order valence-corrected chi connectivity index (χ1v) is 8.96. The van der Waals surface area contributed by atoms with Gasteiger partial charge in [0.1, 0.15) is 5.75 Å². The van der Waals surface area contributed by atoms with Crippen LogP contribution in [0, 0.1) is 13.8 Å². The molecule has 0 aliphatic rings. The van der Waals surface area contributed by atoms with E-state index >= 15 is 0 Å². The fourth-order valence-electron chi connectivity index (χ4n) is 2.39. The lowest BCUT2D eigenvalue weighted by Crippen LogP contribution is -2.14. The lowest BCUT2D eigenvalue weighted by atomic mass is 10.2. The zero-order chi connectivity index (χ0) is 18.0. The highest BCUT2D eigenvalue weighted by Crippen LogP contribution is 2.29. The van der Waals surface area contributed by atoms with Crippen LogP contribution in [0.25, 0.3) is 11.5 Å². The van der Waals surface area contributed by atoms with Crippen LogP contribution < -0.4 is 9.46 Å². The van der Waals surface area contributed by atoms with Gasteiger partial charge >= 0.3 is 0 Å². The number of nitrogens with zero attached hydrogens (tertiary/aromatic N) is 2. The van der Waals surface area contributed by atoms with Crippen molar-refractivity contribution < 1.29 is 17.6 Å². The van der Waals surface area contributed by atoms with E-state index < -0.39 is 10.0 Å². The van der Waals surface area contributed by atoms with Crippen molar-refractivity contribution in [2.24, 2.45) is 0 Å². The zero-order valence-electron chi connectivity index (χ0n) is 14.0. The molecule has 0 unspecified atom stereocenters. The number of methoxy groups -OCH3 is 1. The van der Waals surface area contributed by atoms with Crippen LogP contribution in [0.1, 0.15) is 11.5 Å². The molecule has 0 fully saturated rings. The smallest absolute Gasteiger partial charge is 0.261 e. The highest BCUT2D eigenvalue weighted by atomic mass is 32.2. The van der Waals surface area contributed by atoms with E-state index in [0.717, 1.165) is 5.56 Å². The van der Waals surface area contributed by atoms with Crippen molar-refractivity contribution in [3.63, 3.8) is 0 Å². The second kappa shape index (κ2) is 6.56. The Morgan fingerprint density at radius 1 is 1.08 bits per heavy atom. The normalized spacial score (nSPS) is 11.3. The molecule has 1 heterocycles. The Morgan fingerprint density at radius 2 is 1.84 bits per heavy atom. The van der Waals surface area contributed by atoms with Crippen molar-refractivity contribution in [2.45, 2.75) is 18.7 Å². The third kappa shape index (κ3) is 3.48. The van der Waals surface area contributed by atoms with Gasteiger partial charge in [-0.2, -0.15) is 0 Å². The summed E-state index contributed by atoms with van der Waals surface area (Å²) < 4.78 is 38.6. The van der Waals surface area contributed by atoms with E-state index in [9.17, 15) is 8.42 Å². The highest BCUT2D eigenvalue weighted by Gasteiger charge is 2.19. The lowest BCUT2D eigenvalue weighted by molar-refractivity contribution is 0.411. The maximum Gasteiger partial charge on any atom is 0.261 e. The van der Waals surface area contributed by atoms with E-state index in [-0.39, 0.29) is 10.8 Å². The first-order chi connectivity index (χ1) is 11.9. The van der Waals surface area contributed by atoms with E-state index in [1.165, 1.54) is 13.2 Å². The summed E-state index contributed by atoms with van der Waals surface area (Å²) in [5.74, 6) is 1.28. The van der Waals surface area contributed by atoms with E-state index in [1.54, 1.807) is 50.2 Å². The number of rotatable bonds is 5. The minimum Gasteiger partial charge on any atom is -0.496 e. The van der Waals surface area contributed by atoms with Crippen LogP contribution in [0.15, 0.2) is 51.8 Å². The largest absolute Gasteiger partial charge is 0.496 e. The maximum absolute atomic E-state index is 12.7. The number of ether oxygens (including phenoxy) is 1. The molecule has 7 nitrogen and oxygen atoms in total. The molecule has 0 aliphatic heterocycles. The molecule has 0 saturated carbocycles. The van der Waals surface area contributed by atoms with Gasteiger partial charge in [0, 0.05) is 6.92 Å². The molecule has 0 bridgehead atoms. The van der Waals surface area contributed by atoms with Gasteiger partial charge in [-0.15, -0.1) is 10.2 Å². The van der Waals surface area contributed by atoms with Crippen LogP contribution in [-0.2, 0) is 10.0 Å². The maximum atomic E-state index is 12.7. The van der Waals surface area contributed by atoms with Gasteiger partial charge < -0.3 is 9.15 Å². The number of nitrogens with one attached hydrogen (secondary N) is 1. The van der Waals surface area contributed by atoms with Gasteiger partial charge in [-0.3, -0.25) is 4.72 Å². The molecule has 25 heavy (non-hydrogen) atoms. The molecular formula is C17H17N3O4S. The summed E-state index contributed by atoms with van der Waals surface area (Å²) in [7, 11) is -2.24. The molecule has 3 aromatic rings. The highest BCUT2D eigenvalue weighted by molar-refractivity contribution is 7.92. The molecule has 1 N–H and O–H groups in total. The lowest BCUT2D eigenvalue weighted by Gasteiger charge is -2.12. The number of aryl methyl sites for hydroxylation is 2. The summed E-state index contributed by atoms with van der Waals surface area (Å²) in [6, 6.07) is 11.5. The molecule has 8 heteroatoms. The minimum atomic E-state index is -3.78. The van der Waals surface area contributed by atoms with Gasteiger partial charge in [0.05, 0.1) is 23.3 Å². The number of anilines is 1. The number of para-hydroxylation sites is 1. The Labute approximate surface area is 145 Å². The first kappa shape index (κ1) is 17.0. The number of sulfonamides is 1. The summed E-state index contributed by atoms with van der Waals surface area (Å²) in [5, 5.41) is 7.73. The Morgan fingerprint density at radius 3 is 2.48 bits per heavy atom. The number of hydrogen-bond donors (Lipinski definition) is 1. The monoisotopic (exact) mass is 359 g/mol. The van der Waals surface area contributed by atoms with Gasteiger partial charge in [0.25, 0.3) is 10.0 Å². The quantitative estimate of drug-likeness (QED) is 0.752. The molecule has 130 valence electrons. The molecule has 2 aromatic carbocycles. The van der Waals surface area contributed by atoms with E-state index in [0.29, 0.717) is 22.9 Å². The van der Waals surface area contributed by atoms with Crippen LogP contribution in [0.4, 0.5) is 5.69 Å². The van der Waals surface area contributed by atoms with Crippen molar-refractivity contribution in [2.75, 3.05) is 11.8 Å². The average Bonchev–Trinajstić information content (AvgIpc) is 3.01. The Bertz CT molecular complexity index is 1010. The summed E-state index contributed by atoms with van der Waals surface area (Å²) in [6.45, 7) is 3.45. The van der Waals surface area contributed by atoms with Crippen molar-refractivity contribution in [3.8, 4) is 17.2 Å². The predicted molar refractivity (Wildman–Crippen MR) is 93.0 cm³/mol. The minimum absolute atomic E-state index is 0.141. The van der Waals surface area contributed by atoms with Crippen molar-refractivity contribution in [1.82, 2.24) is 10.2 Å². The van der Waals surface area contributed by atoms with Gasteiger partial charge in [0.2, 0.25) is 11.8 Å². The summed E-state index contributed by atoms with van der Waals surface area (Å²) in [4.78, 5) is 0.141. The summed E-state index contributed by atoms with van der Waals surface area (Å²) in [5.41, 5.74) is 1.60. The summed E-state index contributed by atoms with van der Waals surface area (Å²) in [6.07, 6.45) is 0. The molecule has 0 atom stereocenters. The fourth-order valence-corrected chi connectivity index (χ4v) is 3.55. The van der Waals surface area contributed by atoms with E-state index in [4.69, 9.17) is 9.15 Å². The van der Waals surface area contributed by atoms with Crippen LogP contribution in [0.3, 0.4) is 0 Å². The summed E-state index contributed by atoms with van der Waals surface area (Å²) >= 11 is 0. The molecule has 0 spiro atoms. The average molecular weight is 359 g/mol. The molecular weight excluding hydrogens is 342 g/mol. The van der Waals surface area contributed by atoms with Crippen molar-refractivity contribution in [3.05, 3.63) is 53.9 Å². The molecule has 3 rings (SSSR count). The number of benzene rings is 2. The number of hydrogen-bond acceptors (Lipinski definition) is 6. The first-order valence-electron chi connectivity index (χ1n) is 7.47. The zero-order valence-corrected chi connectivity index (χ0v) is 14.8. The fraction of sp³-hybridized carbons (Fsp3) is 0.176. The molecule has 1 aromatic heterocycles. The Balaban J connectivity index is 1.98. The molecule has 0 aliphatic carbocycles. The van der Waals surface area contributed by atoms with Crippen LogP contribution in [0.5, 0.6) is 5.75 Å². The topological polar surface area (TPSA) is 94.3 Å². The number of aromatic nitrogens is 2. The molecule has 0 saturated heterocycles. The van der Waals surface area contributed by atoms with Crippen molar-refractivity contribution in [1.29, 1.82) is 0 Å². The van der Waals surface area contributed by atoms with Crippen LogP contribution in [-0.4, -0.2) is 25.7 Å². The van der Waals surface area contributed by atoms with E-state index in [2.05, 4.69) is 14.9 Å². The van der Waals surface area contributed by atoms with Crippen LogP contribution in [0.2, 0.25) is 0 Å². The SMILES string of the molecule is COc1ccc(S(=O)(=O)Nc2ccccc2-c2nnc(C)o2)cc1C. The van der Waals surface area contributed by atoms with Crippen LogP contribution >= 0.6 is 0 Å². The molecule has 0 amide bonds. The Hall–Kier alpha value is -2.87. The third-order valence-electron chi connectivity index (χ3n) is 3.60. The molecule has 0 radical (unpaired) electrons. The third-order valence-corrected chi connectivity index (χ3v) is 4.97.